The van der Waals surface area contributed by atoms with Gasteiger partial charge in [0, 0.05) is 5.56 Å². The topological polar surface area (TPSA) is 147 Å². The molecule has 0 spiro atoms. The maximum absolute atomic E-state index is 10.5. The lowest BCUT2D eigenvalue weighted by Crippen LogP contribution is -2.57. The molecule has 1 aliphatic rings. The molecule has 5 rings (SSSR count). The molecule has 0 saturated carbocycles. The van der Waals surface area contributed by atoms with Gasteiger partial charge in [-0.1, -0.05) is 42.1 Å². The highest BCUT2D eigenvalue weighted by atomic mass is 32.2. The van der Waals surface area contributed by atoms with E-state index in [1.165, 1.54) is 0 Å². The highest BCUT2D eigenvalue weighted by Gasteiger charge is 2.44. The molecule has 4 N–H and O–H groups in total. The van der Waals surface area contributed by atoms with Crippen LogP contribution in [0, 0.1) is 0 Å². The zero-order chi connectivity index (χ0) is 22.9. The molecule has 1 saturated heterocycles. The van der Waals surface area contributed by atoms with Crippen molar-refractivity contribution < 1.29 is 29.6 Å². The zero-order valence-corrected chi connectivity index (χ0v) is 18.1. The Morgan fingerprint density at radius 2 is 1.67 bits per heavy atom. The minimum Gasteiger partial charge on any atom is -0.419 e. The first-order chi connectivity index (χ1) is 16.0. The van der Waals surface area contributed by atoms with Crippen LogP contribution in [0.15, 0.2) is 64.2 Å². The number of thioether (sulfide) groups is 1. The van der Waals surface area contributed by atoms with Crippen molar-refractivity contribution in [1.82, 2.24) is 19.7 Å². The first kappa shape index (κ1) is 22.0. The smallest absolute Gasteiger partial charge is 0.247 e. The van der Waals surface area contributed by atoms with Crippen LogP contribution < -0.4 is 0 Å². The van der Waals surface area contributed by atoms with Crippen molar-refractivity contribution in [2.75, 3.05) is 6.61 Å². The van der Waals surface area contributed by atoms with Crippen molar-refractivity contribution in [2.24, 2.45) is 0 Å². The molecule has 0 amide bonds. The van der Waals surface area contributed by atoms with Crippen LogP contribution in [0.3, 0.4) is 0 Å². The van der Waals surface area contributed by atoms with Crippen LogP contribution in [-0.4, -0.2) is 76.6 Å². The van der Waals surface area contributed by atoms with Crippen LogP contribution in [0.1, 0.15) is 5.89 Å². The molecular weight excluding hydrogens is 448 g/mol. The van der Waals surface area contributed by atoms with Gasteiger partial charge in [-0.15, -0.1) is 10.2 Å². The monoisotopic (exact) mass is 470 g/mol. The van der Waals surface area contributed by atoms with Crippen LogP contribution >= 0.6 is 11.8 Å². The van der Waals surface area contributed by atoms with Gasteiger partial charge in [-0.3, -0.25) is 0 Å². The summed E-state index contributed by atoms with van der Waals surface area (Å²) in [6.45, 7) is -0.275. The Bertz CT molecular complexity index is 1230. The average Bonchev–Trinajstić information content (AvgIpc) is 3.45. The number of nitrogens with zero attached hydrogens (tertiary/aromatic N) is 4. The fourth-order valence-corrected chi connectivity index (χ4v) is 4.86. The standard InChI is InChI=1S/C22H22N4O6S/c27-11-15-17(28)18(29)19(30)21(31-15)33-22-23-13-8-4-5-9-14(13)26(22)10-16-24-25-20(32-16)12-6-2-1-3-7-12/h1-9,15,17-19,21,27-30H,10-11H2. The molecule has 172 valence electrons. The maximum atomic E-state index is 10.5. The molecular formula is C22H22N4O6S. The lowest BCUT2D eigenvalue weighted by atomic mass is 10.0. The summed E-state index contributed by atoms with van der Waals surface area (Å²) in [6.07, 6.45) is -5.26. The van der Waals surface area contributed by atoms with E-state index in [2.05, 4.69) is 15.2 Å². The predicted octanol–water partition coefficient (Wildman–Crippen LogP) is 1.03. The van der Waals surface area contributed by atoms with Gasteiger partial charge >= 0.3 is 0 Å². The number of imidazole rings is 1. The molecule has 0 bridgehead atoms. The normalized spacial score (nSPS) is 25.5. The third-order valence-corrected chi connectivity index (χ3v) is 6.62. The summed E-state index contributed by atoms with van der Waals surface area (Å²) in [7, 11) is 0. The Labute approximate surface area is 192 Å². The summed E-state index contributed by atoms with van der Waals surface area (Å²) >= 11 is 1.08. The van der Waals surface area contributed by atoms with E-state index in [9.17, 15) is 20.4 Å². The van der Waals surface area contributed by atoms with Crippen molar-refractivity contribution in [3.63, 3.8) is 0 Å². The molecule has 11 heteroatoms. The van der Waals surface area contributed by atoms with Crippen LogP contribution in [0.5, 0.6) is 0 Å². The molecule has 0 radical (unpaired) electrons. The minimum absolute atomic E-state index is 0.222. The minimum atomic E-state index is -1.46. The Morgan fingerprint density at radius 3 is 2.45 bits per heavy atom. The predicted molar refractivity (Wildman–Crippen MR) is 118 cm³/mol. The van der Waals surface area contributed by atoms with Crippen LogP contribution in [0.4, 0.5) is 0 Å². The van der Waals surface area contributed by atoms with E-state index in [1.54, 1.807) is 0 Å². The second-order valence-corrected chi connectivity index (χ2v) is 8.72. The van der Waals surface area contributed by atoms with Gasteiger partial charge in [-0.2, -0.15) is 0 Å². The summed E-state index contributed by atoms with van der Waals surface area (Å²) < 4.78 is 13.4. The number of benzene rings is 2. The third-order valence-electron chi connectivity index (χ3n) is 5.47. The molecule has 2 aromatic heterocycles. The lowest BCUT2D eigenvalue weighted by Gasteiger charge is -2.39. The molecule has 5 atom stereocenters. The number of fused-ring (bicyclic) bond motifs is 1. The molecule has 4 aromatic rings. The van der Waals surface area contributed by atoms with Crippen molar-refractivity contribution in [2.45, 2.75) is 41.6 Å². The van der Waals surface area contributed by atoms with Crippen LogP contribution in [0.2, 0.25) is 0 Å². The molecule has 1 aliphatic heterocycles. The van der Waals surface area contributed by atoms with Crippen LogP contribution in [0.25, 0.3) is 22.5 Å². The first-order valence-electron chi connectivity index (χ1n) is 10.4. The fraction of sp³-hybridized carbons (Fsp3) is 0.318. The third kappa shape index (κ3) is 4.26. The summed E-state index contributed by atoms with van der Waals surface area (Å²) in [5, 5.41) is 48.9. The number of rotatable bonds is 6. The molecule has 10 nitrogen and oxygen atoms in total. The molecule has 33 heavy (non-hydrogen) atoms. The average molecular weight is 471 g/mol. The van der Waals surface area contributed by atoms with E-state index in [1.807, 2.05) is 59.2 Å². The Morgan fingerprint density at radius 1 is 0.909 bits per heavy atom. The van der Waals surface area contributed by atoms with Gasteiger partial charge < -0.3 is 34.1 Å². The number of hydrogen-bond acceptors (Lipinski definition) is 10. The number of aliphatic hydroxyl groups excluding tert-OH is 4. The fourth-order valence-electron chi connectivity index (χ4n) is 3.71. The van der Waals surface area contributed by atoms with E-state index in [4.69, 9.17) is 9.15 Å². The first-order valence-corrected chi connectivity index (χ1v) is 11.2. The molecule has 0 aliphatic carbocycles. The summed E-state index contributed by atoms with van der Waals surface area (Å²) in [4.78, 5) is 4.64. The SMILES string of the molecule is OCC1OC(Sc2nc3ccccc3n2Cc2nnc(-c3ccccc3)o2)C(O)C(O)C1O. The van der Waals surface area contributed by atoms with Crippen LogP contribution in [-0.2, 0) is 11.3 Å². The number of hydrogen-bond donors (Lipinski definition) is 4. The second-order valence-electron chi connectivity index (χ2n) is 7.65. The van der Waals surface area contributed by atoms with Gasteiger partial charge in [-0.05, 0) is 24.3 Å². The molecule has 2 aromatic carbocycles. The second kappa shape index (κ2) is 9.21. The van der Waals surface area contributed by atoms with Gasteiger partial charge in [0.25, 0.3) is 0 Å². The maximum Gasteiger partial charge on any atom is 0.247 e. The van der Waals surface area contributed by atoms with Crippen molar-refractivity contribution in [1.29, 1.82) is 0 Å². The highest BCUT2D eigenvalue weighted by Crippen LogP contribution is 2.35. The summed E-state index contributed by atoms with van der Waals surface area (Å²) in [5.41, 5.74) is 1.37. The van der Waals surface area contributed by atoms with E-state index < -0.39 is 36.5 Å². The number of aliphatic hydroxyl groups is 4. The summed E-state index contributed by atoms with van der Waals surface area (Å²) in [5.74, 6) is 0.769. The molecule has 5 unspecified atom stereocenters. The highest BCUT2D eigenvalue weighted by molar-refractivity contribution is 7.99. The van der Waals surface area contributed by atoms with Gasteiger partial charge in [0.15, 0.2) is 5.16 Å². The van der Waals surface area contributed by atoms with E-state index >= 15 is 0 Å². The largest absolute Gasteiger partial charge is 0.419 e. The van der Waals surface area contributed by atoms with E-state index in [-0.39, 0.29) is 6.54 Å². The quantitative estimate of drug-likeness (QED) is 0.322. The molecule has 3 heterocycles. The lowest BCUT2D eigenvalue weighted by molar-refractivity contribution is -0.205. The van der Waals surface area contributed by atoms with E-state index in [0.717, 1.165) is 22.8 Å². The van der Waals surface area contributed by atoms with Gasteiger partial charge in [0.05, 0.1) is 17.6 Å². The van der Waals surface area contributed by atoms with E-state index in [0.29, 0.717) is 22.5 Å². The Kier molecular flexibility index (Phi) is 6.15. The Balaban J connectivity index is 1.45. The zero-order valence-electron chi connectivity index (χ0n) is 17.3. The number of ether oxygens (including phenoxy) is 1. The summed E-state index contributed by atoms with van der Waals surface area (Å²) in [6, 6.07) is 16.9. The van der Waals surface area contributed by atoms with Gasteiger partial charge in [0.2, 0.25) is 11.8 Å². The van der Waals surface area contributed by atoms with Gasteiger partial charge in [-0.25, -0.2) is 4.98 Å². The van der Waals surface area contributed by atoms with Gasteiger partial charge in [0.1, 0.15) is 36.4 Å². The van der Waals surface area contributed by atoms with Crippen molar-refractivity contribution in [3.8, 4) is 11.5 Å². The molecule has 1 fully saturated rings. The van der Waals surface area contributed by atoms with Crippen molar-refractivity contribution >= 4 is 22.8 Å². The number of aromatic nitrogens is 4. The Hall–Kier alpha value is -2.80. The van der Waals surface area contributed by atoms with Crippen molar-refractivity contribution in [3.05, 3.63) is 60.5 Å². The number of para-hydroxylation sites is 2.